The van der Waals surface area contributed by atoms with Crippen molar-refractivity contribution in [3.63, 3.8) is 0 Å². The number of thiazole rings is 1. The molecular formula is C19H26N6O2S. The average molecular weight is 403 g/mol. The van der Waals surface area contributed by atoms with Gasteiger partial charge in [-0.05, 0) is 18.8 Å². The third-order valence-corrected chi connectivity index (χ3v) is 6.10. The van der Waals surface area contributed by atoms with Crippen molar-refractivity contribution >= 4 is 23.2 Å². The van der Waals surface area contributed by atoms with Gasteiger partial charge >= 0.3 is 0 Å². The molecule has 0 aromatic carbocycles. The summed E-state index contributed by atoms with van der Waals surface area (Å²) in [5.74, 6) is 2.77. The lowest BCUT2D eigenvalue weighted by Gasteiger charge is -2.33. The predicted molar refractivity (Wildman–Crippen MR) is 105 cm³/mol. The first kappa shape index (κ1) is 19.0. The summed E-state index contributed by atoms with van der Waals surface area (Å²) in [5.41, 5.74) is 2.17. The largest absolute Gasteiger partial charge is 0.343 e. The number of rotatable bonds is 4. The lowest BCUT2D eigenvalue weighted by atomic mass is 9.95. The van der Waals surface area contributed by atoms with Crippen LogP contribution < -0.4 is 0 Å². The van der Waals surface area contributed by atoms with Crippen LogP contribution in [0.15, 0.2) is 10.9 Å². The van der Waals surface area contributed by atoms with E-state index in [0.29, 0.717) is 43.6 Å². The molecule has 0 radical (unpaired) electrons. The molecule has 0 bridgehead atoms. The molecule has 0 N–H and O–H groups in total. The molecule has 0 spiro atoms. The third kappa shape index (κ3) is 3.80. The predicted octanol–water partition coefficient (Wildman–Crippen LogP) is 2.14. The van der Waals surface area contributed by atoms with Gasteiger partial charge in [0.25, 0.3) is 5.91 Å². The fourth-order valence-electron chi connectivity index (χ4n) is 4.00. The van der Waals surface area contributed by atoms with Crippen molar-refractivity contribution < 1.29 is 9.59 Å². The fraction of sp³-hybridized carbons (Fsp3) is 0.632. The Morgan fingerprint density at radius 2 is 1.93 bits per heavy atom. The molecule has 2 aromatic heterocycles. The Bertz CT molecular complexity index is 839. The van der Waals surface area contributed by atoms with Crippen molar-refractivity contribution in [2.45, 2.75) is 52.1 Å². The normalized spacial score (nSPS) is 17.8. The molecule has 2 amide bonds. The van der Waals surface area contributed by atoms with Gasteiger partial charge in [0.2, 0.25) is 5.91 Å². The number of hydrogen-bond acceptors (Lipinski definition) is 6. The van der Waals surface area contributed by atoms with Crippen LogP contribution >= 0.6 is 11.3 Å². The van der Waals surface area contributed by atoms with Gasteiger partial charge in [-0.1, -0.05) is 13.8 Å². The molecule has 4 rings (SSSR count). The van der Waals surface area contributed by atoms with E-state index in [1.807, 2.05) is 4.90 Å². The van der Waals surface area contributed by atoms with Gasteiger partial charge < -0.3 is 14.4 Å². The summed E-state index contributed by atoms with van der Waals surface area (Å²) in [5, 5.41) is 10.6. The molecule has 1 fully saturated rings. The van der Waals surface area contributed by atoms with Gasteiger partial charge in [0.1, 0.15) is 11.5 Å². The highest BCUT2D eigenvalue weighted by Crippen LogP contribution is 2.29. The van der Waals surface area contributed by atoms with Gasteiger partial charge in [-0.3, -0.25) is 9.59 Å². The Balaban J connectivity index is 1.39. The second-order valence-corrected chi connectivity index (χ2v) is 8.70. The number of piperidine rings is 1. The smallest absolute Gasteiger partial charge is 0.273 e. The summed E-state index contributed by atoms with van der Waals surface area (Å²) in [7, 11) is 0. The lowest BCUT2D eigenvalue weighted by molar-refractivity contribution is -0.133. The Morgan fingerprint density at radius 3 is 2.61 bits per heavy atom. The SMILES string of the molecule is CC(C)CC(=O)N1CCC(c2nnc3n2CCN(C(=O)c2cscn2)C3)CC1. The number of nitrogens with zero attached hydrogens (tertiary/aromatic N) is 6. The maximum absolute atomic E-state index is 12.5. The topological polar surface area (TPSA) is 84.2 Å². The first-order valence-electron chi connectivity index (χ1n) is 9.90. The second kappa shape index (κ2) is 7.98. The summed E-state index contributed by atoms with van der Waals surface area (Å²) in [6.07, 6.45) is 2.46. The molecule has 1 saturated heterocycles. The first-order chi connectivity index (χ1) is 13.5. The van der Waals surface area contributed by atoms with Crippen molar-refractivity contribution in [1.29, 1.82) is 0 Å². The van der Waals surface area contributed by atoms with Crippen molar-refractivity contribution in [2.75, 3.05) is 19.6 Å². The molecule has 4 heterocycles. The van der Waals surface area contributed by atoms with E-state index in [1.54, 1.807) is 15.8 Å². The van der Waals surface area contributed by atoms with Gasteiger partial charge in [-0.15, -0.1) is 21.5 Å². The van der Waals surface area contributed by atoms with Gasteiger partial charge in [0, 0.05) is 43.9 Å². The minimum Gasteiger partial charge on any atom is -0.343 e. The highest BCUT2D eigenvalue weighted by atomic mass is 32.1. The zero-order chi connectivity index (χ0) is 19.7. The lowest BCUT2D eigenvalue weighted by Crippen LogP contribution is -2.40. The fourth-order valence-corrected chi connectivity index (χ4v) is 4.53. The molecule has 28 heavy (non-hydrogen) atoms. The van der Waals surface area contributed by atoms with Crippen LogP contribution in [-0.2, 0) is 17.9 Å². The first-order valence-corrected chi connectivity index (χ1v) is 10.8. The number of amides is 2. The summed E-state index contributed by atoms with van der Waals surface area (Å²) in [4.78, 5) is 32.7. The summed E-state index contributed by atoms with van der Waals surface area (Å²) in [6, 6.07) is 0. The van der Waals surface area contributed by atoms with Crippen LogP contribution in [0.4, 0.5) is 0 Å². The number of hydrogen-bond donors (Lipinski definition) is 0. The molecule has 8 nitrogen and oxygen atoms in total. The molecule has 0 unspecified atom stereocenters. The zero-order valence-electron chi connectivity index (χ0n) is 16.4. The number of aromatic nitrogens is 4. The Labute approximate surface area is 168 Å². The van der Waals surface area contributed by atoms with Crippen LogP contribution in [-0.4, -0.2) is 61.0 Å². The van der Waals surface area contributed by atoms with Gasteiger partial charge in [-0.2, -0.15) is 0 Å². The number of fused-ring (bicyclic) bond motifs is 1. The molecule has 0 saturated carbocycles. The van der Waals surface area contributed by atoms with Crippen LogP contribution in [0, 0.1) is 5.92 Å². The minimum absolute atomic E-state index is 0.0472. The summed E-state index contributed by atoms with van der Waals surface area (Å²) < 4.78 is 2.17. The van der Waals surface area contributed by atoms with Crippen molar-refractivity contribution in [3.8, 4) is 0 Å². The Morgan fingerprint density at radius 1 is 1.14 bits per heavy atom. The Hall–Kier alpha value is -2.29. The van der Waals surface area contributed by atoms with Crippen LogP contribution in [0.1, 0.15) is 61.2 Å². The molecule has 0 atom stereocenters. The van der Waals surface area contributed by atoms with Crippen LogP contribution in [0.25, 0.3) is 0 Å². The van der Waals surface area contributed by atoms with E-state index in [0.717, 1.165) is 37.6 Å². The molecular weight excluding hydrogens is 376 g/mol. The van der Waals surface area contributed by atoms with Crippen LogP contribution in [0.3, 0.4) is 0 Å². The van der Waals surface area contributed by atoms with E-state index in [1.165, 1.54) is 11.3 Å². The van der Waals surface area contributed by atoms with Crippen LogP contribution in [0.2, 0.25) is 0 Å². The molecule has 2 aliphatic rings. The summed E-state index contributed by atoms with van der Waals surface area (Å²) >= 11 is 1.43. The number of carbonyl (C=O) groups excluding carboxylic acids is 2. The van der Waals surface area contributed by atoms with Crippen molar-refractivity contribution in [3.05, 3.63) is 28.2 Å². The maximum Gasteiger partial charge on any atom is 0.273 e. The monoisotopic (exact) mass is 402 g/mol. The molecule has 0 aliphatic carbocycles. The molecule has 2 aliphatic heterocycles. The second-order valence-electron chi connectivity index (χ2n) is 7.98. The van der Waals surface area contributed by atoms with Gasteiger partial charge in [0.15, 0.2) is 5.82 Å². The van der Waals surface area contributed by atoms with Gasteiger partial charge in [-0.25, -0.2) is 4.98 Å². The summed E-state index contributed by atoms with van der Waals surface area (Å²) in [6.45, 7) is 7.54. The molecule has 9 heteroatoms. The highest BCUT2D eigenvalue weighted by Gasteiger charge is 2.31. The number of likely N-dealkylation sites (tertiary alicyclic amines) is 1. The highest BCUT2D eigenvalue weighted by molar-refractivity contribution is 7.07. The standard InChI is InChI=1S/C19H26N6O2S/c1-13(2)9-17(26)23-5-3-14(4-6-23)18-22-21-16-10-24(7-8-25(16)18)19(27)15-11-28-12-20-15/h11-14H,3-10H2,1-2H3. The minimum atomic E-state index is -0.0472. The van der Waals surface area contributed by atoms with E-state index < -0.39 is 0 Å². The van der Waals surface area contributed by atoms with E-state index in [-0.39, 0.29) is 11.8 Å². The molecule has 150 valence electrons. The van der Waals surface area contributed by atoms with Gasteiger partial charge in [0.05, 0.1) is 12.1 Å². The zero-order valence-corrected chi connectivity index (χ0v) is 17.2. The molecule has 2 aromatic rings. The van der Waals surface area contributed by atoms with Crippen LogP contribution in [0.5, 0.6) is 0 Å². The average Bonchev–Trinajstić information content (AvgIpc) is 3.36. The Kier molecular flexibility index (Phi) is 5.43. The van der Waals surface area contributed by atoms with E-state index in [2.05, 4.69) is 33.6 Å². The van der Waals surface area contributed by atoms with E-state index >= 15 is 0 Å². The number of carbonyl (C=O) groups is 2. The third-order valence-electron chi connectivity index (χ3n) is 5.52. The van der Waals surface area contributed by atoms with E-state index in [9.17, 15) is 9.59 Å². The van der Waals surface area contributed by atoms with Crippen molar-refractivity contribution in [2.24, 2.45) is 5.92 Å². The quantitative estimate of drug-likeness (QED) is 0.782. The maximum atomic E-state index is 12.5. The van der Waals surface area contributed by atoms with Crippen molar-refractivity contribution in [1.82, 2.24) is 29.5 Å². The van der Waals surface area contributed by atoms with E-state index in [4.69, 9.17) is 0 Å².